The molecule has 150 valence electrons. The zero-order chi connectivity index (χ0) is 19.9. The number of methoxy groups -OCH3 is 1. The van der Waals surface area contributed by atoms with Crippen molar-refractivity contribution in [1.29, 1.82) is 0 Å². The van der Waals surface area contributed by atoms with E-state index in [4.69, 9.17) is 14.0 Å². The first kappa shape index (κ1) is 19.9. The van der Waals surface area contributed by atoms with Gasteiger partial charge in [0.2, 0.25) is 5.89 Å². The number of rotatable bonds is 8. The van der Waals surface area contributed by atoms with Crippen molar-refractivity contribution in [2.45, 2.75) is 51.0 Å². The molecule has 1 aliphatic carbocycles. The number of benzene rings is 1. The number of aromatic nitrogens is 2. The molecule has 1 unspecified atom stereocenters. The fraction of sp³-hybridized carbons (Fsp3) is 0.476. The van der Waals surface area contributed by atoms with Crippen LogP contribution in [0.1, 0.15) is 73.1 Å². The van der Waals surface area contributed by atoms with Crippen LogP contribution < -0.4 is 14.8 Å². The fourth-order valence-corrected chi connectivity index (χ4v) is 3.37. The van der Waals surface area contributed by atoms with E-state index in [1.807, 2.05) is 6.92 Å². The summed E-state index contributed by atoms with van der Waals surface area (Å²) in [5, 5.41) is 7.03. The van der Waals surface area contributed by atoms with Crippen LogP contribution in [0.25, 0.3) is 0 Å². The van der Waals surface area contributed by atoms with Gasteiger partial charge in [0.05, 0.1) is 12.7 Å². The Labute approximate surface area is 165 Å². The average molecular weight is 385 g/mol. The topological polar surface area (TPSA) is 86.5 Å². The molecule has 0 saturated heterocycles. The molecule has 1 aromatic heterocycles. The lowest BCUT2D eigenvalue weighted by Crippen LogP contribution is -2.27. The second-order valence-corrected chi connectivity index (χ2v) is 6.98. The number of hydrogen-bond acceptors (Lipinski definition) is 6. The van der Waals surface area contributed by atoms with Crippen LogP contribution in [0.5, 0.6) is 11.5 Å². The fourth-order valence-electron chi connectivity index (χ4n) is 3.37. The molecule has 1 aromatic carbocycles. The van der Waals surface area contributed by atoms with Crippen molar-refractivity contribution < 1.29 is 18.8 Å². The summed E-state index contributed by atoms with van der Waals surface area (Å²) in [5.74, 6) is 2.27. The Hall–Kier alpha value is -2.83. The Morgan fingerprint density at radius 3 is 2.89 bits per heavy atom. The van der Waals surface area contributed by atoms with Gasteiger partial charge in [-0.3, -0.25) is 4.79 Å². The zero-order valence-corrected chi connectivity index (χ0v) is 16.4. The minimum absolute atomic E-state index is 0.286. The highest BCUT2D eigenvalue weighted by Gasteiger charge is 2.24. The summed E-state index contributed by atoms with van der Waals surface area (Å²) in [6.07, 6.45) is 7.48. The van der Waals surface area contributed by atoms with Crippen molar-refractivity contribution >= 4 is 5.91 Å². The van der Waals surface area contributed by atoms with E-state index in [1.54, 1.807) is 31.4 Å². The van der Waals surface area contributed by atoms with Crippen LogP contribution in [0.3, 0.4) is 0 Å². The summed E-state index contributed by atoms with van der Waals surface area (Å²) in [7, 11) is 1.56. The van der Waals surface area contributed by atoms with Crippen molar-refractivity contribution in [3.63, 3.8) is 0 Å². The SMILES string of the molecule is C=CCOc1cc(OC)ccc1C(=O)NC(C)c1nc(C2CCCCC2)no1. The van der Waals surface area contributed by atoms with Crippen LogP contribution in [-0.2, 0) is 0 Å². The van der Waals surface area contributed by atoms with E-state index >= 15 is 0 Å². The molecular formula is C21H27N3O4. The van der Waals surface area contributed by atoms with E-state index < -0.39 is 6.04 Å². The van der Waals surface area contributed by atoms with Gasteiger partial charge in [-0.05, 0) is 31.9 Å². The van der Waals surface area contributed by atoms with E-state index in [1.165, 1.54) is 19.3 Å². The van der Waals surface area contributed by atoms with Crippen molar-refractivity contribution in [1.82, 2.24) is 15.5 Å². The maximum atomic E-state index is 12.8. The van der Waals surface area contributed by atoms with Gasteiger partial charge in [0.25, 0.3) is 5.91 Å². The number of amides is 1. The standard InChI is InChI=1S/C21H27N3O4/c1-4-12-27-18-13-16(26-3)10-11-17(18)20(25)22-14(2)21-23-19(24-28-21)15-8-6-5-7-9-15/h4,10-11,13-15H,1,5-9,12H2,2-3H3,(H,22,25). The van der Waals surface area contributed by atoms with Crippen molar-refractivity contribution in [2.75, 3.05) is 13.7 Å². The van der Waals surface area contributed by atoms with E-state index in [0.29, 0.717) is 28.9 Å². The van der Waals surface area contributed by atoms with Crippen LogP contribution >= 0.6 is 0 Å². The van der Waals surface area contributed by atoms with Crippen LogP contribution in [0, 0.1) is 0 Å². The largest absolute Gasteiger partial charge is 0.497 e. The molecule has 0 radical (unpaired) electrons. The summed E-state index contributed by atoms with van der Waals surface area (Å²) in [5.41, 5.74) is 0.404. The first-order valence-electron chi connectivity index (χ1n) is 9.68. The van der Waals surface area contributed by atoms with Crippen LogP contribution in [0.2, 0.25) is 0 Å². The second kappa shape index (κ2) is 9.39. The van der Waals surface area contributed by atoms with Crippen LogP contribution in [0.4, 0.5) is 0 Å². The number of carbonyl (C=O) groups excluding carboxylic acids is 1. The highest BCUT2D eigenvalue weighted by atomic mass is 16.5. The van der Waals surface area contributed by atoms with Crippen LogP contribution in [-0.4, -0.2) is 29.8 Å². The molecule has 1 heterocycles. The molecule has 1 N–H and O–H groups in total. The lowest BCUT2D eigenvalue weighted by molar-refractivity contribution is 0.0929. The van der Waals surface area contributed by atoms with Crippen molar-refractivity contribution in [2.24, 2.45) is 0 Å². The Kier molecular flexibility index (Phi) is 6.68. The summed E-state index contributed by atoms with van der Waals surface area (Å²) >= 11 is 0. The molecule has 1 aliphatic rings. The quantitative estimate of drug-likeness (QED) is 0.686. The molecular weight excluding hydrogens is 358 g/mol. The number of hydrogen-bond donors (Lipinski definition) is 1. The molecule has 0 aliphatic heterocycles. The summed E-state index contributed by atoms with van der Waals surface area (Å²) < 4.78 is 16.2. The summed E-state index contributed by atoms with van der Waals surface area (Å²) in [6.45, 7) is 5.75. The molecule has 1 saturated carbocycles. The monoisotopic (exact) mass is 385 g/mol. The molecule has 1 fully saturated rings. The number of carbonyl (C=O) groups is 1. The second-order valence-electron chi connectivity index (χ2n) is 6.98. The van der Waals surface area contributed by atoms with Gasteiger partial charge in [-0.1, -0.05) is 37.1 Å². The third-order valence-corrected chi connectivity index (χ3v) is 4.94. The molecule has 7 nitrogen and oxygen atoms in total. The normalized spacial score (nSPS) is 15.6. The molecule has 28 heavy (non-hydrogen) atoms. The van der Waals surface area contributed by atoms with E-state index in [0.717, 1.165) is 18.7 Å². The molecule has 0 spiro atoms. The Balaban J connectivity index is 1.70. The number of ether oxygens (including phenoxy) is 2. The third-order valence-electron chi connectivity index (χ3n) is 4.94. The lowest BCUT2D eigenvalue weighted by atomic mass is 9.89. The lowest BCUT2D eigenvalue weighted by Gasteiger charge is -2.17. The molecule has 0 bridgehead atoms. The van der Waals surface area contributed by atoms with Gasteiger partial charge in [-0.2, -0.15) is 4.98 Å². The van der Waals surface area contributed by atoms with Gasteiger partial charge in [-0.25, -0.2) is 0 Å². The minimum Gasteiger partial charge on any atom is -0.497 e. The maximum absolute atomic E-state index is 12.8. The zero-order valence-electron chi connectivity index (χ0n) is 16.4. The van der Waals surface area contributed by atoms with E-state index in [-0.39, 0.29) is 12.5 Å². The maximum Gasteiger partial charge on any atom is 0.255 e. The van der Waals surface area contributed by atoms with E-state index in [9.17, 15) is 4.79 Å². The van der Waals surface area contributed by atoms with Gasteiger partial charge in [0.15, 0.2) is 5.82 Å². The van der Waals surface area contributed by atoms with Gasteiger partial charge in [-0.15, -0.1) is 0 Å². The third kappa shape index (κ3) is 4.71. The Morgan fingerprint density at radius 2 is 2.18 bits per heavy atom. The smallest absolute Gasteiger partial charge is 0.255 e. The summed E-state index contributed by atoms with van der Waals surface area (Å²) in [6, 6.07) is 4.65. The molecule has 7 heteroatoms. The molecule has 1 atom stereocenters. The predicted octanol–water partition coefficient (Wildman–Crippen LogP) is 4.18. The van der Waals surface area contributed by atoms with Crippen molar-refractivity contribution in [3.05, 3.63) is 48.1 Å². The molecule has 1 amide bonds. The first-order valence-corrected chi connectivity index (χ1v) is 9.68. The molecule has 2 aromatic rings. The van der Waals surface area contributed by atoms with Gasteiger partial charge in [0, 0.05) is 12.0 Å². The van der Waals surface area contributed by atoms with Crippen LogP contribution in [0.15, 0.2) is 35.4 Å². The minimum atomic E-state index is -0.410. The highest BCUT2D eigenvalue weighted by molar-refractivity contribution is 5.97. The first-order chi connectivity index (χ1) is 13.6. The van der Waals surface area contributed by atoms with E-state index in [2.05, 4.69) is 22.0 Å². The average Bonchev–Trinajstić information content (AvgIpc) is 3.23. The number of nitrogens with one attached hydrogen (secondary N) is 1. The number of nitrogens with zero attached hydrogens (tertiary/aromatic N) is 2. The predicted molar refractivity (Wildman–Crippen MR) is 105 cm³/mol. The van der Waals surface area contributed by atoms with Crippen molar-refractivity contribution in [3.8, 4) is 11.5 Å². The Morgan fingerprint density at radius 1 is 1.39 bits per heavy atom. The van der Waals surface area contributed by atoms with Gasteiger partial charge in [0.1, 0.15) is 24.1 Å². The van der Waals surface area contributed by atoms with Gasteiger partial charge < -0.3 is 19.3 Å². The molecule has 3 rings (SSSR count). The summed E-state index contributed by atoms with van der Waals surface area (Å²) in [4.78, 5) is 17.3. The van der Waals surface area contributed by atoms with Gasteiger partial charge >= 0.3 is 0 Å². The highest BCUT2D eigenvalue weighted by Crippen LogP contribution is 2.31. The Bertz CT molecular complexity index is 812.